The molecule has 0 amide bonds. The zero-order valence-electron chi connectivity index (χ0n) is 12.5. The first-order valence-electron chi connectivity index (χ1n) is 8.03. The number of ether oxygens (including phenoxy) is 1. The number of nitrogens with two attached hydrogens (primary N) is 1. The van der Waals surface area contributed by atoms with Crippen molar-refractivity contribution in [2.75, 3.05) is 0 Å². The van der Waals surface area contributed by atoms with Crippen molar-refractivity contribution in [1.29, 1.82) is 0 Å². The maximum absolute atomic E-state index is 12.5. The monoisotopic (exact) mass is 267 g/mol. The van der Waals surface area contributed by atoms with Crippen molar-refractivity contribution >= 4 is 5.97 Å². The third kappa shape index (κ3) is 3.31. The van der Waals surface area contributed by atoms with Crippen molar-refractivity contribution in [1.82, 2.24) is 0 Å². The molecule has 2 aliphatic carbocycles. The van der Waals surface area contributed by atoms with Crippen molar-refractivity contribution in [3.63, 3.8) is 0 Å². The molecule has 0 radical (unpaired) electrons. The average Bonchev–Trinajstić information content (AvgIpc) is 2.42. The summed E-state index contributed by atoms with van der Waals surface area (Å²) in [6.45, 7) is 4.23. The molecule has 4 unspecified atom stereocenters. The van der Waals surface area contributed by atoms with Gasteiger partial charge in [-0.05, 0) is 44.9 Å². The first kappa shape index (κ1) is 14.8. The van der Waals surface area contributed by atoms with Gasteiger partial charge in [0.1, 0.15) is 6.10 Å². The number of carbonyl (C=O) groups excluding carboxylic acids is 1. The molecule has 2 fully saturated rings. The van der Waals surface area contributed by atoms with E-state index in [0.717, 1.165) is 44.4 Å². The SMILES string of the molecule is CCC1CCCC(OC(=O)C2(C)CCCCC2N)C1. The largest absolute Gasteiger partial charge is 0.462 e. The maximum atomic E-state index is 12.5. The van der Waals surface area contributed by atoms with Crippen LogP contribution in [0.3, 0.4) is 0 Å². The van der Waals surface area contributed by atoms with Crippen LogP contribution in [-0.4, -0.2) is 18.1 Å². The summed E-state index contributed by atoms with van der Waals surface area (Å²) in [6, 6.07) is -0.0284. The highest BCUT2D eigenvalue weighted by Gasteiger charge is 2.43. The van der Waals surface area contributed by atoms with E-state index < -0.39 is 5.41 Å². The molecule has 0 aliphatic heterocycles. The zero-order chi connectivity index (χ0) is 13.9. The van der Waals surface area contributed by atoms with Gasteiger partial charge < -0.3 is 10.5 Å². The molecule has 0 aromatic heterocycles. The van der Waals surface area contributed by atoms with E-state index in [2.05, 4.69) is 6.92 Å². The molecular formula is C16H29NO2. The minimum Gasteiger partial charge on any atom is -0.462 e. The molecule has 3 nitrogen and oxygen atoms in total. The predicted molar refractivity (Wildman–Crippen MR) is 76.7 cm³/mol. The smallest absolute Gasteiger partial charge is 0.313 e. The summed E-state index contributed by atoms with van der Waals surface area (Å²) in [5.74, 6) is 0.695. The Balaban J connectivity index is 1.92. The summed E-state index contributed by atoms with van der Waals surface area (Å²) >= 11 is 0. The Kier molecular flexibility index (Phi) is 4.88. The van der Waals surface area contributed by atoms with Gasteiger partial charge in [-0.15, -0.1) is 0 Å². The third-order valence-electron chi connectivity index (χ3n) is 5.33. The number of carbonyl (C=O) groups is 1. The number of hydrogen-bond acceptors (Lipinski definition) is 3. The molecule has 0 aromatic rings. The van der Waals surface area contributed by atoms with Gasteiger partial charge in [0.05, 0.1) is 5.41 Å². The fourth-order valence-corrected chi connectivity index (χ4v) is 3.62. The highest BCUT2D eigenvalue weighted by atomic mass is 16.5. The van der Waals surface area contributed by atoms with Crippen molar-refractivity contribution in [2.24, 2.45) is 17.1 Å². The van der Waals surface area contributed by atoms with E-state index in [1.807, 2.05) is 6.92 Å². The number of esters is 1. The molecular weight excluding hydrogens is 238 g/mol. The van der Waals surface area contributed by atoms with Crippen LogP contribution in [0.2, 0.25) is 0 Å². The lowest BCUT2D eigenvalue weighted by atomic mass is 9.72. The van der Waals surface area contributed by atoms with Gasteiger partial charge in [0, 0.05) is 6.04 Å². The highest BCUT2D eigenvalue weighted by molar-refractivity contribution is 5.77. The minimum absolute atomic E-state index is 0.0284. The summed E-state index contributed by atoms with van der Waals surface area (Å²) in [5, 5.41) is 0. The lowest BCUT2D eigenvalue weighted by Crippen LogP contribution is -2.49. The molecule has 0 bridgehead atoms. The van der Waals surface area contributed by atoms with Gasteiger partial charge in [-0.1, -0.05) is 32.6 Å². The summed E-state index contributed by atoms with van der Waals surface area (Å²) < 4.78 is 5.82. The molecule has 0 aromatic carbocycles. The average molecular weight is 267 g/mol. The second-order valence-corrected chi connectivity index (χ2v) is 6.74. The summed E-state index contributed by atoms with van der Waals surface area (Å²) in [5.41, 5.74) is 5.72. The fraction of sp³-hybridized carbons (Fsp3) is 0.938. The second-order valence-electron chi connectivity index (χ2n) is 6.74. The Morgan fingerprint density at radius 1 is 1.26 bits per heavy atom. The molecule has 3 heteroatoms. The minimum atomic E-state index is -0.447. The van der Waals surface area contributed by atoms with E-state index in [1.165, 1.54) is 19.3 Å². The number of rotatable bonds is 3. The molecule has 0 spiro atoms. The van der Waals surface area contributed by atoms with E-state index >= 15 is 0 Å². The molecule has 0 heterocycles. The Bertz CT molecular complexity index is 318. The quantitative estimate of drug-likeness (QED) is 0.797. The second kappa shape index (κ2) is 6.25. The molecule has 19 heavy (non-hydrogen) atoms. The maximum Gasteiger partial charge on any atom is 0.313 e. The van der Waals surface area contributed by atoms with Crippen LogP contribution in [0.1, 0.15) is 71.6 Å². The first-order chi connectivity index (χ1) is 9.06. The van der Waals surface area contributed by atoms with E-state index in [-0.39, 0.29) is 18.1 Å². The Hall–Kier alpha value is -0.570. The molecule has 2 rings (SSSR count). The Morgan fingerprint density at radius 3 is 2.74 bits per heavy atom. The van der Waals surface area contributed by atoms with Crippen molar-refractivity contribution in [3.05, 3.63) is 0 Å². The molecule has 2 N–H and O–H groups in total. The molecule has 4 atom stereocenters. The van der Waals surface area contributed by atoms with E-state index in [4.69, 9.17) is 10.5 Å². The van der Waals surface area contributed by atoms with Gasteiger partial charge in [-0.2, -0.15) is 0 Å². The lowest BCUT2D eigenvalue weighted by Gasteiger charge is -2.39. The van der Waals surface area contributed by atoms with Crippen molar-refractivity contribution < 1.29 is 9.53 Å². The molecule has 110 valence electrons. The molecule has 2 aliphatic rings. The van der Waals surface area contributed by atoms with Crippen LogP contribution >= 0.6 is 0 Å². The standard InChI is InChI=1S/C16H29NO2/c1-3-12-7-6-8-13(11-12)19-15(18)16(2)10-5-4-9-14(16)17/h12-14H,3-11,17H2,1-2H3. The normalized spacial score (nSPS) is 39.8. The van der Waals surface area contributed by atoms with Gasteiger partial charge in [0.15, 0.2) is 0 Å². The Labute approximate surface area is 117 Å². The van der Waals surface area contributed by atoms with Crippen LogP contribution in [0, 0.1) is 11.3 Å². The molecule has 2 saturated carbocycles. The van der Waals surface area contributed by atoms with Crippen LogP contribution in [0.25, 0.3) is 0 Å². The third-order valence-corrected chi connectivity index (χ3v) is 5.33. The van der Waals surface area contributed by atoms with Crippen LogP contribution in [0.5, 0.6) is 0 Å². The zero-order valence-corrected chi connectivity index (χ0v) is 12.5. The lowest BCUT2D eigenvalue weighted by molar-refractivity contribution is -0.166. The van der Waals surface area contributed by atoms with Crippen molar-refractivity contribution in [3.8, 4) is 0 Å². The summed E-state index contributed by atoms with van der Waals surface area (Å²) in [7, 11) is 0. The Morgan fingerprint density at radius 2 is 2.05 bits per heavy atom. The van der Waals surface area contributed by atoms with E-state index in [1.54, 1.807) is 0 Å². The van der Waals surface area contributed by atoms with Crippen molar-refractivity contribution in [2.45, 2.75) is 83.8 Å². The van der Waals surface area contributed by atoms with Crippen LogP contribution in [0.15, 0.2) is 0 Å². The number of hydrogen-bond donors (Lipinski definition) is 1. The van der Waals surface area contributed by atoms with Gasteiger partial charge in [-0.3, -0.25) is 4.79 Å². The van der Waals surface area contributed by atoms with Crippen LogP contribution < -0.4 is 5.73 Å². The van der Waals surface area contributed by atoms with E-state index in [9.17, 15) is 4.79 Å². The molecule has 0 saturated heterocycles. The van der Waals surface area contributed by atoms with Crippen LogP contribution in [0.4, 0.5) is 0 Å². The highest BCUT2D eigenvalue weighted by Crippen LogP contribution is 2.38. The fourth-order valence-electron chi connectivity index (χ4n) is 3.62. The van der Waals surface area contributed by atoms with Gasteiger partial charge in [-0.25, -0.2) is 0 Å². The van der Waals surface area contributed by atoms with Gasteiger partial charge in [0.2, 0.25) is 0 Å². The van der Waals surface area contributed by atoms with E-state index in [0.29, 0.717) is 0 Å². The predicted octanol–water partition coefficient (Wildman–Crippen LogP) is 3.41. The first-order valence-corrected chi connectivity index (χ1v) is 8.03. The summed E-state index contributed by atoms with van der Waals surface area (Å²) in [6.07, 6.45) is 9.99. The van der Waals surface area contributed by atoms with Gasteiger partial charge >= 0.3 is 5.97 Å². The van der Waals surface area contributed by atoms with Gasteiger partial charge in [0.25, 0.3) is 0 Å². The topological polar surface area (TPSA) is 52.3 Å². The summed E-state index contributed by atoms with van der Waals surface area (Å²) in [4.78, 5) is 12.5. The van der Waals surface area contributed by atoms with Crippen LogP contribution in [-0.2, 0) is 9.53 Å².